The van der Waals surface area contributed by atoms with E-state index in [-0.39, 0.29) is 5.56 Å². The van der Waals surface area contributed by atoms with Gasteiger partial charge in [0.25, 0.3) is 5.56 Å². The van der Waals surface area contributed by atoms with Crippen molar-refractivity contribution in [3.05, 3.63) is 57.5 Å². The fourth-order valence-corrected chi connectivity index (χ4v) is 3.88. The molecule has 1 aliphatic heterocycles. The van der Waals surface area contributed by atoms with E-state index in [0.717, 1.165) is 24.2 Å². The first-order chi connectivity index (χ1) is 10.7. The standard InChI is InChI=1S/C17H17N3OS/c1-11-6-7-12-4-2-3-5-14(12)20(11)10-15-18-13-8-9-22-16(13)17(21)19-15/h2-5,8-9,11H,6-7,10H2,1H3,(H,18,19,21). The molecule has 3 aromatic rings. The van der Waals surface area contributed by atoms with Crippen molar-refractivity contribution in [1.82, 2.24) is 9.97 Å². The molecule has 0 saturated heterocycles. The number of fused-ring (bicyclic) bond motifs is 2. The van der Waals surface area contributed by atoms with Crippen molar-refractivity contribution >= 4 is 27.2 Å². The first-order valence-electron chi connectivity index (χ1n) is 7.53. The molecular weight excluding hydrogens is 294 g/mol. The van der Waals surface area contributed by atoms with Crippen molar-refractivity contribution in [1.29, 1.82) is 0 Å². The van der Waals surface area contributed by atoms with Crippen LogP contribution in [0.2, 0.25) is 0 Å². The number of aromatic nitrogens is 2. The van der Waals surface area contributed by atoms with E-state index >= 15 is 0 Å². The van der Waals surface area contributed by atoms with Crippen molar-refractivity contribution < 1.29 is 0 Å². The van der Waals surface area contributed by atoms with E-state index < -0.39 is 0 Å². The maximum absolute atomic E-state index is 12.1. The minimum atomic E-state index is -0.0343. The van der Waals surface area contributed by atoms with E-state index in [1.54, 1.807) is 0 Å². The summed E-state index contributed by atoms with van der Waals surface area (Å²) in [7, 11) is 0. The van der Waals surface area contributed by atoms with Gasteiger partial charge in [-0.1, -0.05) is 18.2 Å². The smallest absolute Gasteiger partial charge is 0.268 e. The Morgan fingerprint density at radius 1 is 1.36 bits per heavy atom. The van der Waals surface area contributed by atoms with Crippen molar-refractivity contribution in [3.63, 3.8) is 0 Å². The quantitative estimate of drug-likeness (QED) is 0.790. The Kier molecular flexibility index (Phi) is 3.22. The summed E-state index contributed by atoms with van der Waals surface area (Å²) in [6.07, 6.45) is 2.24. The molecule has 112 valence electrons. The second kappa shape index (κ2) is 5.25. The topological polar surface area (TPSA) is 49.0 Å². The highest BCUT2D eigenvalue weighted by atomic mass is 32.1. The van der Waals surface area contributed by atoms with Crippen molar-refractivity contribution in [2.75, 3.05) is 4.90 Å². The van der Waals surface area contributed by atoms with Crippen LogP contribution in [0.25, 0.3) is 10.2 Å². The SMILES string of the molecule is CC1CCc2ccccc2N1Cc1nc2ccsc2c(=O)[nH]1. The molecule has 22 heavy (non-hydrogen) atoms. The van der Waals surface area contributed by atoms with Crippen molar-refractivity contribution in [2.45, 2.75) is 32.4 Å². The van der Waals surface area contributed by atoms with Gasteiger partial charge in [-0.2, -0.15) is 0 Å². The summed E-state index contributed by atoms with van der Waals surface area (Å²) in [5.41, 5.74) is 3.39. The van der Waals surface area contributed by atoms with Crippen LogP contribution in [0.1, 0.15) is 24.7 Å². The zero-order valence-corrected chi connectivity index (χ0v) is 13.2. The Labute approximate surface area is 132 Å². The lowest BCUT2D eigenvalue weighted by Gasteiger charge is -2.36. The first-order valence-corrected chi connectivity index (χ1v) is 8.41. The van der Waals surface area contributed by atoms with Gasteiger partial charge in [0.15, 0.2) is 0 Å². The van der Waals surface area contributed by atoms with Gasteiger partial charge in [-0.05, 0) is 42.8 Å². The fraction of sp³-hybridized carbons (Fsp3) is 0.294. The van der Waals surface area contributed by atoms with Gasteiger partial charge in [0, 0.05) is 11.7 Å². The molecule has 3 heterocycles. The van der Waals surface area contributed by atoms with Crippen LogP contribution in [-0.2, 0) is 13.0 Å². The third-order valence-corrected chi connectivity index (χ3v) is 5.25. The number of H-pyrrole nitrogens is 1. The molecule has 1 N–H and O–H groups in total. The Morgan fingerprint density at radius 2 is 2.23 bits per heavy atom. The van der Waals surface area contributed by atoms with E-state index in [0.29, 0.717) is 17.3 Å². The molecule has 0 aliphatic carbocycles. The van der Waals surface area contributed by atoms with Crippen LogP contribution < -0.4 is 10.5 Å². The molecule has 5 heteroatoms. The number of rotatable bonds is 2. The average Bonchev–Trinajstić information content (AvgIpc) is 2.99. The first kappa shape index (κ1) is 13.5. The molecule has 1 atom stereocenters. The van der Waals surface area contributed by atoms with Gasteiger partial charge in [-0.15, -0.1) is 11.3 Å². The van der Waals surface area contributed by atoms with Crippen LogP contribution in [0.5, 0.6) is 0 Å². The number of nitrogens with zero attached hydrogens (tertiary/aromatic N) is 2. The van der Waals surface area contributed by atoms with Gasteiger partial charge in [0.2, 0.25) is 0 Å². The summed E-state index contributed by atoms with van der Waals surface area (Å²) in [6.45, 7) is 2.87. The summed E-state index contributed by atoms with van der Waals surface area (Å²) in [5.74, 6) is 0.736. The van der Waals surface area contributed by atoms with Crippen LogP contribution in [0.3, 0.4) is 0 Å². The number of aromatic amines is 1. The number of para-hydroxylation sites is 1. The van der Waals surface area contributed by atoms with Gasteiger partial charge in [0.05, 0.1) is 12.1 Å². The van der Waals surface area contributed by atoms with Gasteiger partial charge < -0.3 is 9.88 Å². The monoisotopic (exact) mass is 311 g/mol. The Balaban J connectivity index is 1.74. The van der Waals surface area contributed by atoms with Crippen molar-refractivity contribution in [2.24, 2.45) is 0 Å². The lowest BCUT2D eigenvalue weighted by Crippen LogP contribution is -2.37. The predicted molar refractivity (Wildman–Crippen MR) is 90.6 cm³/mol. The molecule has 0 bridgehead atoms. The number of nitrogens with one attached hydrogen (secondary N) is 1. The minimum absolute atomic E-state index is 0.0343. The molecule has 4 rings (SSSR count). The molecule has 4 nitrogen and oxygen atoms in total. The number of thiophene rings is 1. The lowest BCUT2D eigenvalue weighted by molar-refractivity contribution is 0.552. The van der Waals surface area contributed by atoms with Crippen LogP contribution in [-0.4, -0.2) is 16.0 Å². The normalized spacial score (nSPS) is 17.7. The summed E-state index contributed by atoms with van der Waals surface area (Å²) in [6, 6.07) is 10.9. The van der Waals surface area contributed by atoms with Crippen LogP contribution in [0.4, 0.5) is 5.69 Å². The second-order valence-electron chi connectivity index (χ2n) is 5.79. The number of benzene rings is 1. The molecule has 0 saturated carbocycles. The van der Waals surface area contributed by atoms with Gasteiger partial charge in [0.1, 0.15) is 10.5 Å². The molecule has 2 aromatic heterocycles. The summed E-state index contributed by atoms with van der Waals surface area (Å²) < 4.78 is 0.704. The fourth-order valence-electron chi connectivity index (χ4n) is 3.16. The highest BCUT2D eigenvalue weighted by Crippen LogP contribution is 2.31. The van der Waals surface area contributed by atoms with Gasteiger partial charge >= 0.3 is 0 Å². The Bertz CT molecular complexity index is 883. The largest absolute Gasteiger partial charge is 0.361 e. The second-order valence-corrected chi connectivity index (χ2v) is 6.71. The van der Waals surface area contributed by atoms with E-state index in [1.807, 2.05) is 11.4 Å². The van der Waals surface area contributed by atoms with E-state index in [4.69, 9.17) is 0 Å². The molecule has 1 unspecified atom stereocenters. The predicted octanol–water partition coefficient (Wildman–Crippen LogP) is 3.33. The van der Waals surface area contributed by atoms with E-state index in [1.165, 1.54) is 22.6 Å². The molecule has 0 radical (unpaired) electrons. The van der Waals surface area contributed by atoms with Crippen LogP contribution in [0.15, 0.2) is 40.5 Å². The molecule has 0 amide bonds. The highest BCUT2D eigenvalue weighted by Gasteiger charge is 2.23. The van der Waals surface area contributed by atoms with Crippen LogP contribution in [0, 0.1) is 0 Å². The minimum Gasteiger partial charge on any atom is -0.361 e. The number of anilines is 1. The molecular formula is C17H17N3OS. The Morgan fingerprint density at radius 3 is 3.14 bits per heavy atom. The van der Waals surface area contributed by atoms with Crippen LogP contribution >= 0.6 is 11.3 Å². The maximum atomic E-state index is 12.1. The van der Waals surface area contributed by atoms with E-state index in [2.05, 4.69) is 46.1 Å². The van der Waals surface area contributed by atoms with Gasteiger partial charge in [-0.25, -0.2) is 4.98 Å². The lowest BCUT2D eigenvalue weighted by atomic mass is 9.97. The molecule has 1 aliphatic rings. The third-order valence-electron chi connectivity index (χ3n) is 4.35. The number of hydrogen-bond acceptors (Lipinski definition) is 4. The zero-order chi connectivity index (χ0) is 15.1. The van der Waals surface area contributed by atoms with Crippen molar-refractivity contribution in [3.8, 4) is 0 Å². The Hall–Kier alpha value is -2.14. The summed E-state index contributed by atoms with van der Waals surface area (Å²) >= 11 is 1.44. The maximum Gasteiger partial charge on any atom is 0.268 e. The van der Waals surface area contributed by atoms with Gasteiger partial charge in [-0.3, -0.25) is 4.79 Å². The number of aryl methyl sites for hydroxylation is 1. The molecule has 1 aromatic carbocycles. The summed E-state index contributed by atoms with van der Waals surface area (Å²) in [4.78, 5) is 22.0. The summed E-state index contributed by atoms with van der Waals surface area (Å²) in [5, 5.41) is 1.91. The molecule has 0 spiro atoms. The zero-order valence-electron chi connectivity index (χ0n) is 12.4. The number of hydrogen-bond donors (Lipinski definition) is 1. The molecule has 0 fully saturated rings. The van der Waals surface area contributed by atoms with E-state index in [9.17, 15) is 4.79 Å². The highest BCUT2D eigenvalue weighted by molar-refractivity contribution is 7.17. The average molecular weight is 311 g/mol. The third kappa shape index (κ3) is 2.22.